The predicted molar refractivity (Wildman–Crippen MR) is 108 cm³/mol. The minimum absolute atomic E-state index is 0.130. The van der Waals surface area contributed by atoms with Gasteiger partial charge in [0.05, 0.1) is 4.90 Å². The fraction of sp³-hybridized carbons (Fsp3) is 0.200. The molecule has 0 aliphatic rings. The Morgan fingerprint density at radius 1 is 1.03 bits per heavy atom. The summed E-state index contributed by atoms with van der Waals surface area (Å²) in [7, 11) is -2.17. The number of carbonyl (C=O) groups excluding carboxylic acids is 2. The number of hydrogen-bond acceptors (Lipinski definition) is 4. The van der Waals surface area contributed by atoms with Gasteiger partial charge in [-0.1, -0.05) is 18.2 Å². The predicted octanol–water partition coefficient (Wildman–Crippen LogP) is 1.60. The minimum atomic E-state index is -3.50. The number of sulfonamides is 1. The molecular formula is C20H22FN3O4S. The largest absolute Gasteiger partial charge is 0.351 e. The Bertz CT molecular complexity index is 1020. The Morgan fingerprint density at radius 2 is 1.69 bits per heavy atom. The molecule has 9 heteroatoms. The maximum atomic E-state index is 13.5. The molecule has 7 nitrogen and oxygen atoms in total. The molecular weight excluding hydrogens is 397 g/mol. The SMILES string of the molecule is CNS(=O)(=O)c1ccc(/C=C/C(=O)NCCNC(=O)c2ccc(C)c(F)c2)cc1. The van der Waals surface area contributed by atoms with Crippen molar-refractivity contribution in [1.82, 2.24) is 15.4 Å². The number of carbonyl (C=O) groups is 2. The van der Waals surface area contributed by atoms with Crippen LogP contribution in [0.1, 0.15) is 21.5 Å². The van der Waals surface area contributed by atoms with Crippen molar-refractivity contribution in [2.75, 3.05) is 20.1 Å². The van der Waals surface area contributed by atoms with Gasteiger partial charge in [0.25, 0.3) is 5.91 Å². The number of amides is 2. The van der Waals surface area contributed by atoms with Gasteiger partial charge in [-0.25, -0.2) is 17.5 Å². The zero-order chi connectivity index (χ0) is 21.4. The number of rotatable bonds is 8. The molecule has 0 heterocycles. The zero-order valence-electron chi connectivity index (χ0n) is 16.0. The molecule has 2 amide bonds. The molecule has 0 aromatic heterocycles. The van der Waals surface area contributed by atoms with Crippen LogP contribution in [0.4, 0.5) is 4.39 Å². The highest BCUT2D eigenvalue weighted by Crippen LogP contribution is 2.11. The quantitative estimate of drug-likeness (QED) is 0.447. The minimum Gasteiger partial charge on any atom is -0.351 e. The van der Waals surface area contributed by atoms with E-state index in [2.05, 4.69) is 15.4 Å². The molecule has 0 bridgehead atoms. The Morgan fingerprint density at radius 3 is 2.31 bits per heavy atom. The summed E-state index contributed by atoms with van der Waals surface area (Å²) in [5.41, 5.74) is 1.33. The van der Waals surface area contributed by atoms with Crippen molar-refractivity contribution in [3.05, 3.63) is 71.0 Å². The molecule has 0 unspecified atom stereocenters. The van der Waals surface area contributed by atoms with Gasteiger partial charge in [-0.3, -0.25) is 9.59 Å². The van der Waals surface area contributed by atoms with E-state index in [-0.39, 0.29) is 29.5 Å². The van der Waals surface area contributed by atoms with Crippen LogP contribution < -0.4 is 15.4 Å². The third kappa shape index (κ3) is 6.51. The van der Waals surface area contributed by atoms with Crippen LogP contribution in [0.15, 0.2) is 53.4 Å². The Balaban J connectivity index is 1.78. The molecule has 0 aliphatic heterocycles. The van der Waals surface area contributed by atoms with Crippen LogP contribution in [0.2, 0.25) is 0 Å². The molecule has 154 valence electrons. The first kappa shape index (κ1) is 22.3. The fourth-order valence-corrected chi connectivity index (χ4v) is 3.03. The van der Waals surface area contributed by atoms with Crippen LogP contribution >= 0.6 is 0 Å². The number of benzene rings is 2. The fourth-order valence-electron chi connectivity index (χ4n) is 2.30. The normalized spacial score (nSPS) is 11.4. The first-order chi connectivity index (χ1) is 13.7. The summed E-state index contributed by atoms with van der Waals surface area (Å²) in [6.45, 7) is 1.99. The molecule has 2 rings (SSSR count). The molecule has 0 saturated heterocycles. The maximum absolute atomic E-state index is 13.5. The summed E-state index contributed by atoms with van der Waals surface area (Å²) in [6, 6.07) is 10.3. The van der Waals surface area contributed by atoms with Crippen molar-refractivity contribution in [3.8, 4) is 0 Å². The number of hydrogen-bond donors (Lipinski definition) is 3. The molecule has 2 aromatic carbocycles. The molecule has 3 N–H and O–H groups in total. The summed E-state index contributed by atoms with van der Waals surface area (Å²) >= 11 is 0. The molecule has 0 fully saturated rings. The van der Waals surface area contributed by atoms with E-state index in [4.69, 9.17) is 0 Å². The van der Waals surface area contributed by atoms with E-state index in [0.717, 1.165) is 0 Å². The van der Waals surface area contributed by atoms with Gasteiger partial charge in [0.1, 0.15) is 5.82 Å². The lowest BCUT2D eigenvalue weighted by Crippen LogP contribution is -2.34. The van der Waals surface area contributed by atoms with E-state index in [1.165, 1.54) is 43.5 Å². The molecule has 29 heavy (non-hydrogen) atoms. The monoisotopic (exact) mass is 419 g/mol. The molecule has 0 radical (unpaired) electrons. The van der Waals surface area contributed by atoms with Gasteiger partial charge in [-0.2, -0.15) is 0 Å². The average molecular weight is 419 g/mol. The first-order valence-corrected chi connectivity index (χ1v) is 10.2. The number of halogens is 1. The standard InChI is InChI=1S/C20H22FN3O4S/c1-14-3-7-16(13-18(14)21)20(26)24-12-11-23-19(25)10-6-15-4-8-17(9-5-15)29(27,28)22-2/h3-10,13,22H,11-12H2,1-2H3,(H,23,25)(H,24,26)/b10-6+. The molecule has 0 spiro atoms. The first-order valence-electron chi connectivity index (χ1n) is 8.77. The maximum Gasteiger partial charge on any atom is 0.251 e. The topological polar surface area (TPSA) is 104 Å². The lowest BCUT2D eigenvalue weighted by molar-refractivity contribution is -0.116. The molecule has 2 aromatic rings. The van der Waals surface area contributed by atoms with Gasteiger partial charge in [0.15, 0.2) is 0 Å². The Kier molecular flexibility index (Phi) is 7.63. The van der Waals surface area contributed by atoms with Gasteiger partial charge in [-0.15, -0.1) is 0 Å². The van der Waals surface area contributed by atoms with E-state index in [1.54, 1.807) is 25.1 Å². The van der Waals surface area contributed by atoms with Crippen molar-refractivity contribution in [2.24, 2.45) is 0 Å². The van der Waals surface area contributed by atoms with Gasteiger partial charge in [-0.05, 0) is 55.4 Å². The van der Waals surface area contributed by atoms with Crippen LogP contribution in [0.5, 0.6) is 0 Å². The second-order valence-electron chi connectivity index (χ2n) is 6.12. The van der Waals surface area contributed by atoms with Crippen LogP contribution in [0.3, 0.4) is 0 Å². The highest BCUT2D eigenvalue weighted by Gasteiger charge is 2.10. The Labute approximate surface area is 169 Å². The van der Waals surface area contributed by atoms with E-state index in [0.29, 0.717) is 11.1 Å². The van der Waals surface area contributed by atoms with Gasteiger partial charge in [0.2, 0.25) is 15.9 Å². The van der Waals surface area contributed by atoms with Crippen LogP contribution in [0.25, 0.3) is 6.08 Å². The van der Waals surface area contributed by atoms with Gasteiger partial charge in [0, 0.05) is 24.7 Å². The zero-order valence-corrected chi connectivity index (χ0v) is 16.8. The van der Waals surface area contributed by atoms with Crippen molar-refractivity contribution >= 4 is 27.9 Å². The number of aryl methyl sites for hydroxylation is 1. The average Bonchev–Trinajstić information content (AvgIpc) is 2.71. The van der Waals surface area contributed by atoms with E-state index >= 15 is 0 Å². The van der Waals surface area contributed by atoms with E-state index < -0.39 is 21.7 Å². The smallest absolute Gasteiger partial charge is 0.251 e. The summed E-state index contributed by atoms with van der Waals surface area (Å²) in [4.78, 5) is 23.9. The van der Waals surface area contributed by atoms with E-state index in [1.807, 2.05) is 0 Å². The van der Waals surface area contributed by atoms with Crippen LogP contribution in [0, 0.1) is 12.7 Å². The summed E-state index contributed by atoms with van der Waals surface area (Å²) < 4.78 is 39.0. The second kappa shape index (κ2) is 9.94. The van der Waals surface area contributed by atoms with Crippen molar-refractivity contribution in [1.29, 1.82) is 0 Å². The van der Waals surface area contributed by atoms with Crippen molar-refractivity contribution in [3.63, 3.8) is 0 Å². The third-order valence-corrected chi connectivity index (χ3v) is 5.46. The van der Waals surface area contributed by atoms with Crippen LogP contribution in [-0.4, -0.2) is 40.4 Å². The van der Waals surface area contributed by atoms with Crippen molar-refractivity contribution < 1.29 is 22.4 Å². The Hall–Kier alpha value is -3.04. The summed E-state index contributed by atoms with van der Waals surface area (Å²) in [5, 5.41) is 5.20. The third-order valence-electron chi connectivity index (χ3n) is 4.03. The van der Waals surface area contributed by atoms with Gasteiger partial charge < -0.3 is 10.6 Å². The van der Waals surface area contributed by atoms with E-state index in [9.17, 15) is 22.4 Å². The van der Waals surface area contributed by atoms with Crippen LogP contribution in [-0.2, 0) is 14.8 Å². The molecule has 0 saturated carbocycles. The molecule has 0 aliphatic carbocycles. The van der Waals surface area contributed by atoms with Crippen molar-refractivity contribution in [2.45, 2.75) is 11.8 Å². The lowest BCUT2D eigenvalue weighted by Gasteiger charge is -2.06. The highest BCUT2D eigenvalue weighted by atomic mass is 32.2. The highest BCUT2D eigenvalue weighted by molar-refractivity contribution is 7.89. The summed E-state index contributed by atoms with van der Waals surface area (Å²) in [5.74, 6) is -1.24. The van der Waals surface area contributed by atoms with Gasteiger partial charge >= 0.3 is 0 Å². The second-order valence-corrected chi connectivity index (χ2v) is 8.01. The summed E-state index contributed by atoms with van der Waals surface area (Å²) in [6.07, 6.45) is 2.84. The number of nitrogens with one attached hydrogen (secondary N) is 3. The lowest BCUT2D eigenvalue weighted by atomic mass is 10.1. The molecule has 0 atom stereocenters.